The van der Waals surface area contributed by atoms with Crippen molar-refractivity contribution in [3.63, 3.8) is 0 Å². The monoisotopic (exact) mass is 379 g/mol. The van der Waals surface area contributed by atoms with E-state index in [1.807, 2.05) is 24.3 Å². The molecule has 0 saturated carbocycles. The molecule has 0 aromatic heterocycles. The molecule has 4 rings (SSSR count). The predicted molar refractivity (Wildman–Crippen MR) is 107 cm³/mol. The Labute approximate surface area is 160 Å². The fourth-order valence-corrected chi connectivity index (χ4v) is 3.91. The zero-order chi connectivity index (χ0) is 18.8. The number of anilines is 1. The molecule has 0 aliphatic carbocycles. The van der Waals surface area contributed by atoms with Gasteiger partial charge < -0.3 is 15.0 Å². The first-order chi connectivity index (χ1) is 13.2. The van der Waals surface area contributed by atoms with E-state index in [0.29, 0.717) is 16.8 Å². The summed E-state index contributed by atoms with van der Waals surface area (Å²) in [5.74, 6) is -0.660. The highest BCUT2D eigenvalue weighted by Crippen LogP contribution is 2.35. The van der Waals surface area contributed by atoms with Gasteiger partial charge in [-0.1, -0.05) is 23.9 Å². The number of fused-ring (bicyclic) bond motifs is 1. The molecule has 0 spiro atoms. The first-order valence-corrected chi connectivity index (χ1v) is 9.32. The van der Waals surface area contributed by atoms with Gasteiger partial charge in [0.2, 0.25) is 0 Å². The molecule has 0 saturated heterocycles. The largest absolute Gasteiger partial charge is 0.465 e. The van der Waals surface area contributed by atoms with E-state index in [9.17, 15) is 9.59 Å². The van der Waals surface area contributed by atoms with Crippen molar-refractivity contribution in [1.29, 1.82) is 0 Å². The van der Waals surface area contributed by atoms with Crippen molar-refractivity contribution in [3.8, 4) is 0 Å². The summed E-state index contributed by atoms with van der Waals surface area (Å²) < 4.78 is 4.66. The predicted octanol–water partition coefficient (Wildman–Crippen LogP) is 3.44. The van der Waals surface area contributed by atoms with Gasteiger partial charge in [-0.3, -0.25) is 9.79 Å². The van der Waals surface area contributed by atoms with E-state index in [1.165, 1.54) is 7.11 Å². The van der Waals surface area contributed by atoms with Gasteiger partial charge in [-0.2, -0.15) is 0 Å². The molecule has 7 heteroatoms. The first-order valence-electron chi connectivity index (χ1n) is 8.45. The van der Waals surface area contributed by atoms with Gasteiger partial charge >= 0.3 is 5.97 Å². The maximum Gasteiger partial charge on any atom is 0.337 e. The van der Waals surface area contributed by atoms with E-state index < -0.39 is 5.97 Å². The number of carbonyl (C=O) groups excluding carboxylic acids is 2. The highest BCUT2D eigenvalue weighted by Gasteiger charge is 2.26. The average Bonchev–Trinajstić information content (AvgIpc) is 3.32. The molecule has 0 fully saturated rings. The third-order valence-electron chi connectivity index (χ3n) is 4.38. The van der Waals surface area contributed by atoms with Gasteiger partial charge in [0.15, 0.2) is 5.17 Å². The maximum atomic E-state index is 12.4. The minimum Gasteiger partial charge on any atom is -0.465 e. The minimum absolute atomic E-state index is 0.233. The molecule has 0 radical (unpaired) electrons. The standard InChI is InChI=1S/C20H17N3O3S/c1-26-19(25)15-4-2-14(3-5-15)18(24)22-16-8-6-13(7-9-16)17-12-27-20-21-10-11-23(17)20/h2-9,12H,10-11H2,1H3,(H,22,24). The zero-order valence-corrected chi connectivity index (χ0v) is 15.5. The first kappa shape index (κ1) is 17.4. The molecule has 27 heavy (non-hydrogen) atoms. The fraction of sp³-hybridized carbons (Fsp3) is 0.150. The molecule has 2 aromatic carbocycles. The van der Waals surface area contributed by atoms with Gasteiger partial charge in [-0.15, -0.1) is 0 Å². The van der Waals surface area contributed by atoms with Gasteiger partial charge in [0.05, 0.1) is 24.9 Å². The van der Waals surface area contributed by atoms with Crippen molar-refractivity contribution in [1.82, 2.24) is 4.90 Å². The number of hydrogen-bond donors (Lipinski definition) is 1. The van der Waals surface area contributed by atoms with Crippen LogP contribution in [0, 0.1) is 0 Å². The summed E-state index contributed by atoms with van der Waals surface area (Å²) in [6.07, 6.45) is 0. The Balaban J connectivity index is 1.43. The lowest BCUT2D eigenvalue weighted by molar-refractivity contribution is 0.0600. The topological polar surface area (TPSA) is 71.0 Å². The Morgan fingerprint density at radius 3 is 2.48 bits per heavy atom. The van der Waals surface area contributed by atoms with Crippen LogP contribution in [0.4, 0.5) is 5.69 Å². The quantitative estimate of drug-likeness (QED) is 0.824. The number of amides is 1. The van der Waals surface area contributed by atoms with Gasteiger partial charge in [-0.05, 0) is 42.0 Å². The van der Waals surface area contributed by atoms with Crippen molar-refractivity contribution in [2.75, 3.05) is 25.5 Å². The summed E-state index contributed by atoms with van der Waals surface area (Å²) in [5.41, 5.74) is 3.83. The van der Waals surface area contributed by atoms with Gasteiger partial charge in [0.1, 0.15) is 0 Å². The van der Waals surface area contributed by atoms with Crippen LogP contribution in [0.5, 0.6) is 0 Å². The molecule has 2 aromatic rings. The number of ether oxygens (including phenoxy) is 1. The van der Waals surface area contributed by atoms with E-state index in [4.69, 9.17) is 0 Å². The Kier molecular flexibility index (Phi) is 4.68. The number of hydrogen-bond acceptors (Lipinski definition) is 6. The molecule has 1 amide bonds. The van der Waals surface area contributed by atoms with Crippen LogP contribution < -0.4 is 5.32 Å². The van der Waals surface area contributed by atoms with E-state index >= 15 is 0 Å². The molecular weight excluding hydrogens is 362 g/mol. The Morgan fingerprint density at radius 2 is 1.78 bits per heavy atom. The number of carbonyl (C=O) groups is 2. The third kappa shape index (κ3) is 3.46. The molecule has 2 heterocycles. The molecule has 0 bridgehead atoms. The second-order valence-electron chi connectivity index (χ2n) is 6.04. The molecule has 0 unspecified atom stereocenters. The maximum absolute atomic E-state index is 12.4. The smallest absolute Gasteiger partial charge is 0.337 e. The summed E-state index contributed by atoms with van der Waals surface area (Å²) in [4.78, 5) is 30.5. The van der Waals surface area contributed by atoms with Crippen molar-refractivity contribution in [2.45, 2.75) is 0 Å². The molecule has 0 atom stereocenters. The summed E-state index contributed by atoms with van der Waals surface area (Å²) in [6, 6.07) is 14.1. The van der Waals surface area contributed by atoms with Crippen LogP contribution in [0.3, 0.4) is 0 Å². The number of thioether (sulfide) groups is 1. The molecular formula is C20H17N3O3S. The van der Waals surface area contributed by atoms with Gasteiger partial charge in [0, 0.05) is 23.2 Å². The Hall–Kier alpha value is -3.06. The number of aliphatic imine (C=N–C) groups is 1. The van der Waals surface area contributed by atoms with Crippen LogP contribution in [0.15, 0.2) is 58.9 Å². The zero-order valence-electron chi connectivity index (χ0n) is 14.6. The van der Waals surface area contributed by atoms with Gasteiger partial charge in [-0.25, -0.2) is 4.79 Å². The van der Waals surface area contributed by atoms with E-state index in [-0.39, 0.29) is 5.91 Å². The molecule has 2 aliphatic heterocycles. The summed E-state index contributed by atoms with van der Waals surface area (Å²) in [6.45, 7) is 1.75. The second-order valence-corrected chi connectivity index (χ2v) is 6.87. The number of methoxy groups -OCH3 is 1. The van der Waals surface area contributed by atoms with Gasteiger partial charge in [0.25, 0.3) is 5.91 Å². The average molecular weight is 379 g/mol. The van der Waals surface area contributed by atoms with Crippen LogP contribution in [0.25, 0.3) is 5.70 Å². The molecule has 136 valence electrons. The summed E-state index contributed by atoms with van der Waals surface area (Å²) in [5, 5.41) is 6.03. The van der Waals surface area contributed by atoms with Crippen molar-refractivity contribution in [3.05, 3.63) is 70.6 Å². The number of amidine groups is 1. The lowest BCUT2D eigenvalue weighted by Crippen LogP contribution is -2.19. The van der Waals surface area contributed by atoms with Crippen LogP contribution >= 0.6 is 11.8 Å². The fourth-order valence-electron chi connectivity index (χ4n) is 2.95. The second kappa shape index (κ2) is 7.28. The summed E-state index contributed by atoms with van der Waals surface area (Å²) in [7, 11) is 1.32. The van der Waals surface area contributed by atoms with Crippen LogP contribution in [0.2, 0.25) is 0 Å². The molecule has 1 N–H and O–H groups in total. The van der Waals surface area contributed by atoms with Crippen LogP contribution in [0.1, 0.15) is 26.3 Å². The van der Waals surface area contributed by atoms with E-state index in [0.717, 1.165) is 29.5 Å². The Bertz CT molecular complexity index is 949. The van der Waals surface area contributed by atoms with E-state index in [1.54, 1.807) is 36.0 Å². The van der Waals surface area contributed by atoms with Crippen LogP contribution in [-0.4, -0.2) is 42.1 Å². The molecule has 6 nitrogen and oxygen atoms in total. The van der Waals surface area contributed by atoms with Crippen molar-refractivity contribution in [2.24, 2.45) is 4.99 Å². The van der Waals surface area contributed by atoms with Crippen LogP contribution in [-0.2, 0) is 4.74 Å². The minimum atomic E-state index is -0.428. The van der Waals surface area contributed by atoms with Crippen molar-refractivity contribution < 1.29 is 14.3 Å². The number of esters is 1. The third-order valence-corrected chi connectivity index (χ3v) is 5.28. The highest BCUT2D eigenvalue weighted by atomic mass is 32.2. The molecule has 2 aliphatic rings. The number of nitrogens with one attached hydrogen (secondary N) is 1. The summed E-state index contributed by atoms with van der Waals surface area (Å²) >= 11 is 1.64. The van der Waals surface area contributed by atoms with E-state index in [2.05, 4.69) is 25.4 Å². The normalized spacial score (nSPS) is 15.1. The number of nitrogens with zero attached hydrogens (tertiary/aromatic N) is 2. The highest BCUT2D eigenvalue weighted by molar-refractivity contribution is 8.16. The lowest BCUT2D eigenvalue weighted by Gasteiger charge is -2.16. The number of rotatable bonds is 4. The number of benzene rings is 2. The SMILES string of the molecule is COC(=O)c1ccc(C(=O)Nc2ccc(C3=CSC4=NCCN34)cc2)cc1. The van der Waals surface area contributed by atoms with Crippen molar-refractivity contribution >= 4 is 40.2 Å². The Morgan fingerprint density at radius 1 is 1.07 bits per heavy atom. The lowest BCUT2D eigenvalue weighted by atomic mass is 10.1.